The van der Waals surface area contributed by atoms with Gasteiger partial charge < -0.3 is 24.3 Å². The Morgan fingerprint density at radius 3 is 2.12 bits per heavy atom. The molecule has 1 aliphatic rings. The van der Waals surface area contributed by atoms with Gasteiger partial charge in [-0.25, -0.2) is 10.5 Å². The molecule has 6 rings (SSSR count). The van der Waals surface area contributed by atoms with Crippen LogP contribution in [0.25, 0.3) is 22.6 Å². The lowest BCUT2D eigenvalue weighted by Crippen LogP contribution is -2.31. The molecule has 0 unspecified atom stereocenters. The number of hydrogen-bond donors (Lipinski definition) is 4. The molecular weight excluding hydrogens is 642 g/mol. The van der Waals surface area contributed by atoms with Crippen molar-refractivity contribution < 1.29 is 33.8 Å². The van der Waals surface area contributed by atoms with Crippen LogP contribution >= 0.6 is 11.8 Å². The Morgan fingerprint density at radius 1 is 0.796 bits per heavy atom. The second-order valence-electron chi connectivity index (χ2n) is 11.6. The molecule has 1 aliphatic heterocycles. The first-order valence-corrected chi connectivity index (χ1v) is 17.1. The highest BCUT2D eigenvalue weighted by Crippen LogP contribution is 2.41. The number of carbonyl (C=O) groups excluding carboxylic acids is 2. The molecule has 49 heavy (non-hydrogen) atoms. The predicted molar refractivity (Wildman–Crippen MR) is 185 cm³/mol. The first-order chi connectivity index (χ1) is 24.0. The molecule has 2 heterocycles. The van der Waals surface area contributed by atoms with Gasteiger partial charge in [-0.3, -0.25) is 14.8 Å². The summed E-state index contributed by atoms with van der Waals surface area (Å²) >= 11 is 1.49. The van der Waals surface area contributed by atoms with Crippen LogP contribution < -0.4 is 10.8 Å². The molecule has 2 amide bonds. The van der Waals surface area contributed by atoms with E-state index in [1.54, 1.807) is 17.6 Å². The van der Waals surface area contributed by atoms with Crippen molar-refractivity contribution in [2.75, 3.05) is 11.1 Å². The normalized spacial score (nSPS) is 17.4. The van der Waals surface area contributed by atoms with Crippen molar-refractivity contribution in [1.82, 2.24) is 10.5 Å². The van der Waals surface area contributed by atoms with Gasteiger partial charge in [-0.2, -0.15) is 0 Å². The summed E-state index contributed by atoms with van der Waals surface area (Å²) in [5, 5.41) is 21.5. The molecule has 11 heteroatoms. The highest BCUT2D eigenvalue weighted by molar-refractivity contribution is 7.99. The van der Waals surface area contributed by atoms with Crippen molar-refractivity contribution in [3.63, 3.8) is 0 Å². The first kappa shape index (κ1) is 34.1. The third-order valence-corrected chi connectivity index (χ3v) is 9.06. The van der Waals surface area contributed by atoms with E-state index in [-0.39, 0.29) is 37.6 Å². The number of ether oxygens (including phenoxy) is 2. The third kappa shape index (κ3) is 9.02. The molecule has 0 saturated carbocycles. The Morgan fingerprint density at radius 2 is 1.45 bits per heavy atom. The fraction of sp³-hybridized carbons (Fsp3) is 0.237. The minimum Gasteiger partial charge on any atom is -0.431 e. The summed E-state index contributed by atoms with van der Waals surface area (Å²) < 4.78 is 19.3. The molecule has 3 atom stereocenters. The highest BCUT2D eigenvalue weighted by Gasteiger charge is 2.33. The van der Waals surface area contributed by atoms with Gasteiger partial charge in [-0.15, -0.1) is 0 Å². The number of hydrogen-bond acceptors (Lipinski definition) is 9. The molecule has 1 saturated heterocycles. The Hall–Kier alpha value is -4.78. The number of amides is 2. The maximum atomic E-state index is 12.3. The van der Waals surface area contributed by atoms with Gasteiger partial charge in [0.15, 0.2) is 12.1 Å². The van der Waals surface area contributed by atoms with Crippen LogP contribution in [0.4, 0.5) is 5.69 Å². The molecule has 0 aliphatic carbocycles. The average molecular weight is 680 g/mol. The van der Waals surface area contributed by atoms with E-state index < -0.39 is 12.2 Å². The van der Waals surface area contributed by atoms with Gasteiger partial charge in [0, 0.05) is 47.4 Å². The van der Waals surface area contributed by atoms with Crippen LogP contribution in [0, 0.1) is 0 Å². The summed E-state index contributed by atoms with van der Waals surface area (Å²) in [6.07, 6.45) is -0.0405. The minimum absolute atomic E-state index is 0.0379. The molecule has 0 bridgehead atoms. The van der Waals surface area contributed by atoms with E-state index in [4.69, 9.17) is 24.1 Å². The molecule has 252 valence electrons. The van der Waals surface area contributed by atoms with Crippen LogP contribution in [0.15, 0.2) is 119 Å². The standard InChI is InChI=1S/C38H37N3O7S/c42-23-25-14-16-26(17-15-25)32-22-31(46-37(47-32)29-18-20-30(21-19-29)39-33(43)12-7-13-34(44)41-45)24-49-38-40-35(27-8-3-1-4-9-27)36(48-38)28-10-5-2-6-11-28/h1-6,8-11,14-21,31-32,37,42,45H,7,12-13,22-24H2,(H,39,43)(H,41,44)/t31-,32+,37+/m1/s1. The smallest absolute Gasteiger partial charge is 0.256 e. The lowest BCUT2D eigenvalue weighted by molar-refractivity contribution is -0.245. The highest BCUT2D eigenvalue weighted by atomic mass is 32.2. The molecule has 10 nitrogen and oxygen atoms in total. The maximum absolute atomic E-state index is 12.3. The Balaban J connectivity index is 1.18. The number of aliphatic hydroxyl groups is 1. The van der Waals surface area contributed by atoms with Crippen LogP contribution in [-0.2, 0) is 25.7 Å². The van der Waals surface area contributed by atoms with Gasteiger partial charge in [-0.1, -0.05) is 109 Å². The Bertz CT molecular complexity index is 1760. The van der Waals surface area contributed by atoms with E-state index in [1.165, 1.54) is 11.8 Å². The van der Waals surface area contributed by atoms with Crippen molar-refractivity contribution in [3.05, 3.63) is 126 Å². The van der Waals surface area contributed by atoms with E-state index >= 15 is 0 Å². The van der Waals surface area contributed by atoms with Gasteiger partial charge in [0.25, 0.3) is 5.22 Å². The molecule has 1 fully saturated rings. The number of rotatable bonds is 13. The van der Waals surface area contributed by atoms with E-state index in [9.17, 15) is 14.7 Å². The van der Waals surface area contributed by atoms with Crippen molar-refractivity contribution in [1.29, 1.82) is 0 Å². The van der Waals surface area contributed by atoms with E-state index in [0.717, 1.165) is 33.5 Å². The number of nitrogens with one attached hydrogen (secondary N) is 2. The summed E-state index contributed by atoms with van der Waals surface area (Å²) in [5.74, 6) is 0.517. The SMILES string of the molecule is O=C(CCCC(=O)Nc1ccc([C@H]2O[C@@H](CSc3nc(-c4ccccc4)c(-c4ccccc4)o3)C[C@@H](c3ccc(CO)cc3)O2)cc1)NO. The second kappa shape index (κ2) is 16.6. The van der Waals surface area contributed by atoms with Crippen molar-refractivity contribution in [2.45, 2.75) is 56.0 Å². The van der Waals surface area contributed by atoms with Crippen LogP contribution in [-0.4, -0.2) is 39.0 Å². The molecule has 0 spiro atoms. The molecule has 0 radical (unpaired) electrons. The zero-order valence-electron chi connectivity index (χ0n) is 26.7. The quantitative estimate of drug-likeness (QED) is 0.0567. The maximum Gasteiger partial charge on any atom is 0.256 e. The number of aromatic nitrogens is 1. The van der Waals surface area contributed by atoms with E-state index in [0.29, 0.717) is 35.3 Å². The number of carbonyl (C=O) groups is 2. The fourth-order valence-electron chi connectivity index (χ4n) is 5.54. The van der Waals surface area contributed by atoms with Gasteiger partial charge in [0.05, 0.1) is 18.8 Å². The fourth-order valence-corrected chi connectivity index (χ4v) is 6.38. The van der Waals surface area contributed by atoms with E-state index in [1.807, 2.05) is 97.1 Å². The van der Waals surface area contributed by atoms with Crippen molar-refractivity contribution in [3.8, 4) is 22.6 Å². The number of hydroxylamine groups is 1. The molecule has 5 aromatic rings. The summed E-state index contributed by atoms with van der Waals surface area (Å²) in [5.41, 5.74) is 7.46. The first-order valence-electron chi connectivity index (χ1n) is 16.1. The number of thioether (sulfide) groups is 1. The van der Waals surface area contributed by atoms with Gasteiger partial charge in [0.1, 0.15) is 5.69 Å². The zero-order chi connectivity index (χ0) is 34.0. The Kier molecular flexibility index (Phi) is 11.5. The molecule has 1 aromatic heterocycles. The summed E-state index contributed by atoms with van der Waals surface area (Å²) in [4.78, 5) is 28.4. The lowest BCUT2D eigenvalue weighted by Gasteiger charge is -2.36. The van der Waals surface area contributed by atoms with Crippen LogP contribution in [0.1, 0.15) is 54.8 Å². The largest absolute Gasteiger partial charge is 0.431 e. The summed E-state index contributed by atoms with van der Waals surface area (Å²) in [6.45, 7) is -0.0379. The van der Waals surface area contributed by atoms with Crippen molar-refractivity contribution in [2.24, 2.45) is 0 Å². The predicted octanol–water partition coefficient (Wildman–Crippen LogP) is 7.45. The monoisotopic (exact) mass is 679 g/mol. The topological polar surface area (TPSA) is 143 Å². The Labute approximate surface area is 288 Å². The molecule has 4 aromatic carbocycles. The van der Waals surface area contributed by atoms with Gasteiger partial charge >= 0.3 is 0 Å². The van der Waals surface area contributed by atoms with Crippen LogP contribution in [0.2, 0.25) is 0 Å². The van der Waals surface area contributed by atoms with Gasteiger partial charge in [0.2, 0.25) is 11.8 Å². The van der Waals surface area contributed by atoms with Crippen molar-refractivity contribution >= 4 is 29.3 Å². The second-order valence-corrected chi connectivity index (χ2v) is 12.6. The van der Waals surface area contributed by atoms with E-state index in [2.05, 4.69) is 5.32 Å². The molecular formula is C38H37N3O7S. The van der Waals surface area contributed by atoms with Crippen LogP contribution in [0.3, 0.4) is 0 Å². The summed E-state index contributed by atoms with van der Waals surface area (Å²) in [6, 6.07) is 34.9. The average Bonchev–Trinajstić information content (AvgIpc) is 3.59. The third-order valence-electron chi connectivity index (χ3n) is 8.10. The van der Waals surface area contributed by atoms with Crippen LogP contribution in [0.5, 0.6) is 0 Å². The van der Waals surface area contributed by atoms with Gasteiger partial charge in [-0.05, 0) is 29.7 Å². The number of aliphatic hydroxyl groups excluding tert-OH is 1. The number of oxazole rings is 1. The zero-order valence-corrected chi connectivity index (χ0v) is 27.5. The number of nitrogens with zero attached hydrogens (tertiary/aromatic N) is 1. The minimum atomic E-state index is -0.673. The lowest BCUT2D eigenvalue weighted by atomic mass is 10.0. The number of anilines is 1. The molecule has 4 N–H and O–H groups in total. The number of benzene rings is 4. The summed E-state index contributed by atoms with van der Waals surface area (Å²) in [7, 11) is 0.